The molecule has 1 unspecified atom stereocenters. The minimum absolute atomic E-state index is 0.00960. The van der Waals surface area contributed by atoms with Gasteiger partial charge in [0.15, 0.2) is 17.3 Å². The first-order chi connectivity index (χ1) is 16.5. The number of nitrogens with zero attached hydrogens (tertiary/aromatic N) is 3. The van der Waals surface area contributed by atoms with E-state index in [2.05, 4.69) is 39.4 Å². The second kappa shape index (κ2) is 9.97. The Hall–Kier alpha value is -2.72. The number of anilines is 1. The number of hydrazine groups is 1. The average molecular weight is 571 g/mol. The molecule has 0 bridgehead atoms. The van der Waals surface area contributed by atoms with Gasteiger partial charge in [0.1, 0.15) is 5.82 Å². The van der Waals surface area contributed by atoms with Crippen LogP contribution in [-0.2, 0) is 12.7 Å². The van der Waals surface area contributed by atoms with Crippen molar-refractivity contribution in [3.8, 4) is 0 Å². The highest BCUT2D eigenvalue weighted by atomic mass is 79.9. The van der Waals surface area contributed by atoms with E-state index in [4.69, 9.17) is 0 Å². The third-order valence-electron chi connectivity index (χ3n) is 6.03. The summed E-state index contributed by atoms with van der Waals surface area (Å²) in [5.41, 5.74) is 0.932. The van der Waals surface area contributed by atoms with E-state index in [1.807, 2.05) is 39.8 Å². The highest BCUT2D eigenvalue weighted by Gasteiger charge is 2.40. The first kappa shape index (κ1) is 27.9. The van der Waals surface area contributed by atoms with Crippen LogP contribution in [0.5, 0.6) is 0 Å². The lowest BCUT2D eigenvalue weighted by molar-refractivity contribution is -0.141. The lowest BCUT2D eigenvalue weighted by Crippen LogP contribution is -2.54. The van der Waals surface area contributed by atoms with Crippen LogP contribution in [0.2, 0.25) is 0 Å². The van der Waals surface area contributed by atoms with Gasteiger partial charge in [-0.25, -0.2) is 18.8 Å². The molecule has 0 aliphatic carbocycles. The van der Waals surface area contributed by atoms with Crippen molar-refractivity contribution < 1.29 is 22.0 Å². The number of nitrogens with one attached hydrogen (secondary N) is 1. The minimum atomic E-state index is -4.65. The summed E-state index contributed by atoms with van der Waals surface area (Å²) in [6, 6.07) is 6.42. The molecule has 2 aromatic rings. The lowest BCUT2D eigenvalue weighted by Gasteiger charge is -2.50. The van der Waals surface area contributed by atoms with Crippen LogP contribution < -0.4 is 5.32 Å². The molecule has 194 valence electrons. The number of pyridine rings is 1. The van der Waals surface area contributed by atoms with E-state index >= 15 is 0 Å². The molecule has 2 heterocycles. The lowest BCUT2D eigenvalue weighted by atomic mass is 9.78. The fourth-order valence-electron chi connectivity index (χ4n) is 4.69. The van der Waals surface area contributed by atoms with Gasteiger partial charge in [0.25, 0.3) is 0 Å². The van der Waals surface area contributed by atoms with Gasteiger partial charge in [0.05, 0.1) is 18.3 Å². The van der Waals surface area contributed by atoms with Crippen molar-refractivity contribution in [2.75, 3.05) is 12.4 Å². The first-order valence-corrected chi connectivity index (χ1v) is 11.9. The molecule has 0 radical (unpaired) electrons. The van der Waals surface area contributed by atoms with Gasteiger partial charge >= 0.3 is 6.18 Å². The zero-order valence-electron chi connectivity index (χ0n) is 20.7. The van der Waals surface area contributed by atoms with Crippen molar-refractivity contribution in [3.05, 3.63) is 93.4 Å². The van der Waals surface area contributed by atoms with Crippen molar-refractivity contribution in [1.29, 1.82) is 0 Å². The van der Waals surface area contributed by atoms with Crippen LogP contribution in [0, 0.1) is 17.0 Å². The molecule has 4 nitrogen and oxygen atoms in total. The molecule has 0 saturated heterocycles. The molecule has 3 rings (SSSR count). The molecule has 36 heavy (non-hydrogen) atoms. The van der Waals surface area contributed by atoms with Crippen LogP contribution in [0.25, 0.3) is 0 Å². The standard InChI is InChI=1S/C26H28BrF5N4/c1-14-21(15(2)33-20-12-11-18(27)23(34-20)26(30,31)32)16(3)36(35(7)24(14)25(4,5)6)13-17-9-8-10-19(28)22(17)29/h8-12,24H,2-3,13H2,1,4-7H3,(H,33,34). The second-order valence-electron chi connectivity index (χ2n) is 9.75. The zero-order valence-corrected chi connectivity index (χ0v) is 22.3. The second-order valence-corrected chi connectivity index (χ2v) is 10.6. The number of hydrogen-bond donors (Lipinski definition) is 1. The van der Waals surface area contributed by atoms with Crippen LogP contribution >= 0.6 is 15.9 Å². The SMILES string of the molecule is C=C(Nc1ccc(Br)c(C(F)(F)F)n1)C1=C(C)C(C(C)(C)C)N(C)N(Cc2cccc(F)c2F)C1=C. The van der Waals surface area contributed by atoms with Crippen molar-refractivity contribution >= 4 is 21.7 Å². The summed E-state index contributed by atoms with van der Waals surface area (Å²) in [4.78, 5) is 3.71. The number of alkyl halides is 3. The van der Waals surface area contributed by atoms with E-state index in [0.29, 0.717) is 11.3 Å². The summed E-state index contributed by atoms with van der Waals surface area (Å²) >= 11 is 2.89. The van der Waals surface area contributed by atoms with E-state index in [0.717, 1.165) is 11.6 Å². The largest absolute Gasteiger partial charge is 0.434 e. The molecule has 10 heteroatoms. The van der Waals surface area contributed by atoms with Gasteiger partial charge in [0, 0.05) is 28.4 Å². The number of likely N-dealkylation sites (N-methyl/N-ethyl adjacent to an activating group) is 1. The maximum absolute atomic E-state index is 14.5. The monoisotopic (exact) mass is 570 g/mol. The van der Waals surface area contributed by atoms with Gasteiger partial charge in [-0.15, -0.1) is 0 Å². The van der Waals surface area contributed by atoms with E-state index in [1.165, 1.54) is 24.3 Å². The Morgan fingerprint density at radius 3 is 2.36 bits per heavy atom. The summed E-state index contributed by atoms with van der Waals surface area (Å²) in [5.74, 6) is -1.95. The minimum Gasteiger partial charge on any atom is -0.340 e. The van der Waals surface area contributed by atoms with Gasteiger partial charge in [-0.05, 0) is 52.0 Å². The van der Waals surface area contributed by atoms with Crippen molar-refractivity contribution in [1.82, 2.24) is 15.0 Å². The highest BCUT2D eigenvalue weighted by Crippen LogP contribution is 2.42. The molecule has 1 aromatic carbocycles. The Labute approximate surface area is 216 Å². The summed E-state index contributed by atoms with van der Waals surface area (Å²) in [6.45, 7) is 16.2. The molecule has 1 aliphatic heterocycles. The fourth-order valence-corrected chi connectivity index (χ4v) is 5.14. The average Bonchev–Trinajstić information content (AvgIpc) is 2.73. The number of aromatic nitrogens is 1. The zero-order chi connectivity index (χ0) is 27.2. The Bertz CT molecular complexity index is 1230. The quantitative estimate of drug-likeness (QED) is 0.374. The molecule has 1 aromatic heterocycles. The maximum Gasteiger partial charge on any atom is 0.434 e. The number of rotatable bonds is 5. The fraction of sp³-hybridized carbons (Fsp3) is 0.346. The highest BCUT2D eigenvalue weighted by molar-refractivity contribution is 9.10. The van der Waals surface area contributed by atoms with Gasteiger partial charge < -0.3 is 10.3 Å². The molecular weight excluding hydrogens is 543 g/mol. The van der Waals surface area contributed by atoms with Gasteiger partial charge in [-0.2, -0.15) is 13.2 Å². The predicted octanol–water partition coefficient (Wildman–Crippen LogP) is 7.67. The topological polar surface area (TPSA) is 31.4 Å². The van der Waals surface area contributed by atoms with Crippen molar-refractivity contribution in [2.45, 2.75) is 46.5 Å². The van der Waals surface area contributed by atoms with E-state index in [-0.39, 0.29) is 39.6 Å². The molecule has 0 fully saturated rings. The van der Waals surface area contributed by atoms with Crippen molar-refractivity contribution in [3.63, 3.8) is 0 Å². The predicted molar refractivity (Wildman–Crippen MR) is 134 cm³/mol. The van der Waals surface area contributed by atoms with Crippen LogP contribution in [0.15, 0.2) is 70.5 Å². The number of hydrogen-bond acceptors (Lipinski definition) is 4. The molecule has 1 aliphatic rings. The van der Waals surface area contributed by atoms with Crippen LogP contribution in [0.3, 0.4) is 0 Å². The van der Waals surface area contributed by atoms with E-state index < -0.39 is 23.5 Å². The summed E-state index contributed by atoms with van der Waals surface area (Å²) in [6.07, 6.45) is -4.65. The molecule has 1 atom stereocenters. The number of benzene rings is 1. The third kappa shape index (κ3) is 5.49. The summed E-state index contributed by atoms with van der Waals surface area (Å²) in [5, 5.41) is 6.52. The van der Waals surface area contributed by atoms with E-state index in [9.17, 15) is 22.0 Å². The smallest absolute Gasteiger partial charge is 0.340 e. The maximum atomic E-state index is 14.5. The van der Waals surface area contributed by atoms with Gasteiger partial charge in [-0.1, -0.05) is 46.1 Å². The third-order valence-corrected chi connectivity index (χ3v) is 6.67. The molecule has 1 N–H and O–H groups in total. The Balaban J connectivity index is 2.04. The molecule has 0 spiro atoms. The van der Waals surface area contributed by atoms with E-state index in [1.54, 1.807) is 5.01 Å². The Morgan fingerprint density at radius 1 is 1.14 bits per heavy atom. The molecule has 0 saturated carbocycles. The first-order valence-electron chi connectivity index (χ1n) is 11.1. The van der Waals surface area contributed by atoms with Gasteiger partial charge in [0.2, 0.25) is 0 Å². The molecular formula is C26H28BrF5N4. The summed E-state index contributed by atoms with van der Waals surface area (Å²) < 4.78 is 68.3. The van der Waals surface area contributed by atoms with Crippen LogP contribution in [0.4, 0.5) is 27.8 Å². The number of halogens is 6. The van der Waals surface area contributed by atoms with Crippen LogP contribution in [-0.4, -0.2) is 28.1 Å². The molecule has 0 amide bonds. The van der Waals surface area contributed by atoms with Crippen molar-refractivity contribution in [2.24, 2.45) is 5.41 Å². The normalized spacial score (nSPS) is 17.6. The van der Waals surface area contributed by atoms with Gasteiger partial charge in [-0.3, -0.25) is 0 Å². The Kier molecular flexibility index (Phi) is 7.72. The summed E-state index contributed by atoms with van der Waals surface area (Å²) in [7, 11) is 1.83. The van der Waals surface area contributed by atoms with Crippen LogP contribution in [0.1, 0.15) is 39.0 Å². The Morgan fingerprint density at radius 2 is 1.78 bits per heavy atom.